The molecule has 4 bridgehead atoms. The fourth-order valence-electron chi connectivity index (χ4n) is 26.7. The Balaban J connectivity index is 0.000000269. The number of benzene rings is 2. The minimum Gasteiger partial charge on any atom is -0.459 e. The molecule has 7 saturated heterocycles. The second-order valence-electron chi connectivity index (χ2n) is 48.6. The van der Waals surface area contributed by atoms with Crippen molar-refractivity contribution < 1.29 is 116 Å². The lowest BCUT2D eigenvalue weighted by Gasteiger charge is -2.52. The number of para-hydroxylation sites is 1. The number of aliphatic hydroxyl groups is 5. The second-order valence-corrected chi connectivity index (χ2v) is 48.6. The average molecular weight is 2020 g/mol. The van der Waals surface area contributed by atoms with Gasteiger partial charge in [-0.3, -0.25) is 29.0 Å². The van der Waals surface area contributed by atoms with Gasteiger partial charge in [0, 0.05) is 113 Å². The molecule has 28 heteroatoms. The fourth-order valence-corrected chi connectivity index (χ4v) is 26.7. The molecule has 1 aromatic heterocycles. The Morgan fingerprint density at radius 3 is 1.75 bits per heavy atom. The normalized spacial score (nSPS) is 40.5. The maximum absolute atomic E-state index is 16.5. The molecule has 8 heterocycles. The monoisotopic (exact) mass is 2020 g/mol. The van der Waals surface area contributed by atoms with Crippen molar-refractivity contribution in [1.29, 1.82) is 0 Å². The van der Waals surface area contributed by atoms with E-state index < -0.39 is 194 Å². The predicted molar refractivity (Wildman–Crippen MR) is 560 cm³/mol. The minimum atomic E-state index is -2.99. The summed E-state index contributed by atoms with van der Waals surface area (Å²) in [6.45, 7) is 65.0. The number of nitrogens with zero attached hydrogens (tertiary/aromatic N) is 3. The zero-order valence-corrected chi connectivity index (χ0v) is 94.1. The summed E-state index contributed by atoms with van der Waals surface area (Å²) in [6, 6.07) is 19.4. The Morgan fingerprint density at radius 2 is 1.18 bits per heavy atom. The first kappa shape index (κ1) is 123. The molecule has 3 aromatic rings. The van der Waals surface area contributed by atoms with Gasteiger partial charge in [0.1, 0.15) is 53.1 Å². The summed E-state index contributed by atoms with van der Waals surface area (Å²) >= 11 is 0. The van der Waals surface area contributed by atoms with E-state index in [0.717, 1.165) is 60.6 Å². The number of aliphatic hydroxyl groups excluding tert-OH is 2. The van der Waals surface area contributed by atoms with E-state index in [1.54, 1.807) is 68.9 Å². The number of ketones is 2. The summed E-state index contributed by atoms with van der Waals surface area (Å²) in [5.41, 5.74) is -8.69. The number of nitrogens with one attached hydrogen (secondary N) is 1. The van der Waals surface area contributed by atoms with Crippen LogP contribution >= 0.6 is 0 Å². The molecule has 0 unspecified atom stereocenters. The van der Waals surface area contributed by atoms with Crippen LogP contribution in [0.4, 0.5) is 4.39 Å². The van der Waals surface area contributed by atoms with Gasteiger partial charge in [-0.25, -0.2) is 14.2 Å². The first-order valence-electron chi connectivity index (χ1n) is 53.1. The molecule has 7 fully saturated rings. The Hall–Kier alpha value is -6.55. The number of esters is 3. The van der Waals surface area contributed by atoms with Gasteiger partial charge in [0.05, 0.1) is 90.1 Å². The number of ether oxygens (including phenoxy) is 12. The van der Waals surface area contributed by atoms with Gasteiger partial charge in [0.2, 0.25) is 5.91 Å². The molecule has 0 saturated carbocycles. The van der Waals surface area contributed by atoms with Gasteiger partial charge in [-0.15, -0.1) is 0 Å². The number of aliphatic imine (C=N–C) groups is 1. The molecule has 0 radical (unpaired) electrons. The Kier molecular flexibility index (Phi) is 41.9. The number of likely N-dealkylation sites (N-methyl/N-ethyl adjacent to an activating group) is 1. The highest BCUT2D eigenvalue weighted by atomic mass is 19.1. The van der Waals surface area contributed by atoms with Gasteiger partial charge in [-0.05, 0) is 209 Å². The number of hydrogen-bond acceptors (Lipinski definition) is 26. The number of pyridine rings is 1. The van der Waals surface area contributed by atoms with Crippen molar-refractivity contribution in [2.24, 2.45) is 98.2 Å². The topological polar surface area (TPSA) is 355 Å². The lowest BCUT2D eigenvalue weighted by molar-refractivity contribution is -0.309. The summed E-state index contributed by atoms with van der Waals surface area (Å²) in [6.07, 6.45) is 5.42. The average Bonchev–Trinajstić information content (AvgIpc) is 1.38. The van der Waals surface area contributed by atoms with E-state index >= 15 is 4.39 Å². The number of piperidine rings is 1. The Labute approximate surface area is 861 Å². The third-order valence-electron chi connectivity index (χ3n) is 33.1. The number of carbonyl (C=O) groups excluding carboxylic acids is 6. The van der Waals surface area contributed by atoms with E-state index in [9.17, 15) is 54.3 Å². The molecule has 1 spiro atoms. The van der Waals surface area contributed by atoms with E-state index in [1.165, 1.54) is 13.8 Å². The van der Waals surface area contributed by atoms with Gasteiger partial charge < -0.3 is 92.6 Å². The molecule has 144 heavy (non-hydrogen) atoms. The number of allylic oxidation sites excluding steroid dienone is 2. The number of alkyl halides is 1. The number of carbonyl (C=O) groups is 6. The third kappa shape index (κ3) is 28.6. The van der Waals surface area contributed by atoms with Crippen LogP contribution in [0.1, 0.15) is 297 Å². The molecule has 10 rings (SSSR count). The Morgan fingerprint density at radius 1 is 0.618 bits per heavy atom. The van der Waals surface area contributed by atoms with Gasteiger partial charge in [-0.2, -0.15) is 0 Å². The van der Waals surface area contributed by atoms with E-state index in [2.05, 4.69) is 89.4 Å². The molecule has 2 aromatic carbocycles. The molecule has 1 amide bonds. The number of rotatable bonds is 13. The molecule has 27 nitrogen and oxygen atoms in total. The van der Waals surface area contributed by atoms with Crippen molar-refractivity contribution in [1.82, 2.24) is 15.2 Å². The minimum absolute atomic E-state index is 0.00645. The van der Waals surface area contributed by atoms with Crippen molar-refractivity contribution in [3.8, 4) is 0 Å². The zero-order valence-electron chi connectivity index (χ0n) is 94.1. The van der Waals surface area contributed by atoms with Crippen molar-refractivity contribution in [3.05, 3.63) is 102 Å². The van der Waals surface area contributed by atoms with Crippen LogP contribution in [0.25, 0.3) is 23.1 Å². The number of amides is 1. The lowest BCUT2D eigenvalue weighted by Crippen LogP contribution is -2.59. The number of methoxy groups -OCH3 is 2. The number of aromatic nitrogens is 1. The van der Waals surface area contributed by atoms with Crippen LogP contribution in [-0.2, 0) is 85.6 Å². The van der Waals surface area contributed by atoms with Crippen molar-refractivity contribution >= 4 is 64.1 Å². The highest BCUT2D eigenvalue weighted by Crippen LogP contribution is 2.56. The smallest absolute Gasteiger partial charge is 0.351 e. The van der Waals surface area contributed by atoms with E-state index in [-0.39, 0.29) is 97.2 Å². The zero-order chi connectivity index (χ0) is 108. The van der Waals surface area contributed by atoms with Crippen LogP contribution in [0.3, 0.4) is 0 Å². The largest absolute Gasteiger partial charge is 0.459 e. The lowest BCUT2D eigenvalue weighted by atomic mass is 9.60. The summed E-state index contributed by atoms with van der Waals surface area (Å²) in [5, 5.41) is 62.9. The van der Waals surface area contributed by atoms with E-state index in [4.69, 9.17) is 56.8 Å². The predicted octanol–water partition coefficient (Wildman–Crippen LogP) is 18.7. The van der Waals surface area contributed by atoms with Gasteiger partial charge in [-0.1, -0.05) is 217 Å². The molecule has 7 aliphatic rings. The third-order valence-corrected chi connectivity index (χ3v) is 33.1. The maximum Gasteiger partial charge on any atom is 0.351 e. The maximum atomic E-state index is 16.5. The van der Waals surface area contributed by atoms with Gasteiger partial charge >= 0.3 is 17.9 Å². The van der Waals surface area contributed by atoms with Gasteiger partial charge in [0.15, 0.2) is 17.9 Å². The van der Waals surface area contributed by atoms with Crippen LogP contribution in [0, 0.1) is 93.2 Å². The second kappa shape index (κ2) is 49.3. The molecule has 814 valence electrons. The van der Waals surface area contributed by atoms with Crippen molar-refractivity contribution in [2.75, 3.05) is 60.7 Å². The first-order valence-corrected chi connectivity index (χ1v) is 53.1. The highest BCUT2D eigenvalue weighted by Gasteiger charge is 2.63. The summed E-state index contributed by atoms with van der Waals surface area (Å²) in [4.78, 5) is 94.2. The SMILES string of the molecule is CC[C@H]1OC(=O)[C@@](C)(F)C(=O)[C@H](C)[C@@H](C(C)(C)C)[C@@]2(C)C[C@@H](C)C(=NC(C)=O)[C@H](C)[C@@H](OC/C(=C\C=C\c3ccccc3)CO2)[C@]1(C)O.CC[C@H]1OC(=O)[C@H](C)[C@@H](O[C@H]2C[C@@](C)(OC)[C@@H](O)[C@H](C)O2)[C@H](C)[C@@H](C(C)(C)C)[C@](C)(OC)C[C@@H](C)C(=O)[C@H](C)[C@@H](OC/C=C/c2cnc3ccccc3c2)[C@]1(C)O.CC[C@H]1OC(=O)[C@H](C)[C@H]2OC3(CCNCC3)O[C@@](C)(C[C@@H](C)CN(C)[C@H](C)[C@@H](O)[C@]1(C)O)[C@H](C(C)(C)C)[C@H]2C. The summed E-state index contributed by atoms with van der Waals surface area (Å²) in [5.74, 6) is -10.0. The molecule has 7 aliphatic heterocycles. The fraction of sp³-hybridized carbons (Fsp3) is 0.759. The standard InChI is InChI=1S/C46H71NO10.C39H56FNO7.C31H58N2O6/c1-15-35-46(12,51)41(54-22-18-19-32-23-33-20-16-17-21-34(33)47-26-32)28(3)37(48)27(2)24-44(10,52-13)39(43(7,8)9)29(4)38(30(5)42(50)56-35)57-36-25-45(11,53-14)40(49)31(6)55-36;1-12-30-39(11,45)34-25(3)31(41-27(5)42)24(2)21-37(9,32(36(6,7)8)26(4)33(43)38(10,40)35(44)48-30)47-23-29(22-46-34)20-16-19-28-17-14-13-15-18-28;1-12-23-30(10,36)26(34)22(5)33(11)18-19(2)17-29(9)25(28(6,7)8)20(3)24(21(4)27(35)37-23)38-31(39-29)13-15-32-16-14-31/h16-21,23,26-31,35-36,38-41,49,51H,15,22,24-25H2,1-14H3;13-20,24-26,30,32,34,45H,12,21-23H2,1-11H3;19-26,32,34,36H,12-18H2,1-11H3/b19-18+;19-16+,29-20+,41-31?;/t27-,28+,29+,30-,31+,35-,36+,38+,39+,40+,41-,44-,45-,46-;24-,25+,26-,30-,32+,34-,37-,38+,39-;19-,20+,21-,22-,23-,24+,25+,26-,29+,30-/m111/s1. The van der Waals surface area contributed by atoms with Crippen molar-refractivity contribution in [3.63, 3.8) is 0 Å². The number of Topliss-reactive ketones (excluding diaryl/α,β-unsaturated/α-hetero) is 2. The van der Waals surface area contributed by atoms with E-state index in [0.29, 0.717) is 37.8 Å². The first-order chi connectivity index (χ1) is 66.6. The molecule has 33 atom stereocenters. The number of fused-ring (bicyclic) bond motifs is 9. The molecular formula is C116H185FN4O23. The van der Waals surface area contributed by atoms with Crippen LogP contribution in [0.15, 0.2) is 95.7 Å². The number of halogens is 1. The number of cyclic esters (lactones) is 3. The van der Waals surface area contributed by atoms with Crippen LogP contribution in [0.2, 0.25) is 0 Å². The summed E-state index contributed by atoms with van der Waals surface area (Å²) < 4.78 is 93.9. The molecular weight excluding hydrogens is 1840 g/mol. The quantitative estimate of drug-likeness (QED) is 0.0526. The van der Waals surface area contributed by atoms with Gasteiger partial charge in [0.25, 0.3) is 5.67 Å². The van der Waals surface area contributed by atoms with E-state index in [1.807, 2.05) is 188 Å². The van der Waals surface area contributed by atoms with Crippen LogP contribution in [-0.4, -0.2) is 261 Å². The van der Waals surface area contributed by atoms with Crippen molar-refractivity contribution in [2.45, 2.75) is 410 Å². The highest BCUT2D eigenvalue weighted by molar-refractivity contribution is 6.08. The summed E-state index contributed by atoms with van der Waals surface area (Å²) in [7, 11) is 5.21. The van der Waals surface area contributed by atoms with Crippen LogP contribution in [0.5, 0.6) is 0 Å². The number of hydrogen-bond donors (Lipinski definition) is 6. The molecule has 0 aliphatic carbocycles. The Bertz CT molecular complexity index is 4850. The van der Waals surface area contributed by atoms with Crippen LogP contribution < -0.4 is 5.32 Å². The molecule has 6 N–H and O–H groups in total.